The smallest absolute Gasteiger partial charge is 0.162 e. The van der Waals surface area contributed by atoms with Crippen molar-refractivity contribution in [2.75, 3.05) is 32.8 Å². The van der Waals surface area contributed by atoms with Crippen LogP contribution in [-0.4, -0.2) is 67.2 Å². The molecule has 1 fully saturated rings. The third-order valence-corrected chi connectivity index (χ3v) is 4.59. The van der Waals surface area contributed by atoms with E-state index in [1.54, 1.807) is 12.3 Å². The van der Waals surface area contributed by atoms with E-state index in [0.717, 1.165) is 29.8 Å². The van der Waals surface area contributed by atoms with Crippen LogP contribution in [0.3, 0.4) is 0 Å². The molecule has 1 aromatic rings. The molecule has 126 valence electrons. The van der Waals surface area contributed by atoms with Gasteiger partial charge in [0.2, 0.25) is 0 Å². The number of rotatable bonds is 6. The summed E-state index contributed by atoms with van der Waals surface area (Å²) in [6, 6.07) is 0. The summed E-state index contributed by atoms with van der Waals surface area (Å²) < 4.78 is 5.61. The molecule has 0 unspecified atom stereocenters. The number of hydrogen-bond acceptors (Lipinski definition) is 8. The summed E-state index contributed by atoms with van der Waals surface area (Å²) in [6.07, 6.45) is 6.43. The summed E-state index contributed by atoms with van der Waals surface area (Å²) in [5.41, 5.74) is 1.51. The second-order valence-corrected chi connectivity index (χ2v) is 6.31. The minimum atomic E-state index is -0.111. The first kappa shape index (κ1) is 16.7. The molecule has 1 saturated heterocycles. The largest absolute Gasteiger partial charge is 0.371 e. The Morgan fingerprint density at radius 3 is 3.12 bits per heavy atom. The Balaban J connectivity index is 1.67. The zero-order valence-corrected chi connectivity index (χ0v) is 13.9. The number of morpholine rings is 1. The van der Waals surface area contributed by atoms with Crippen LogP contribution >= 0.6 is 11.3 Å². The number of thiazole rings is 1. The molecular formula is C16H18N4O3S. The van der Waals surface area contributed by atoms with Crippen LogP contribution in [0.2, 0.25) is 0 Å². The first-order valence-corrected chi connectivity index (χ1v) is 8.52. The van der Waals surface area contributed by atoms with E-state index >= 15 is 0 Å². The Labute approximate surface area is 143 Å². The molecule has 2 aliphatic heterocycles. The maximum absolute atomic E-state index is 11.3. The molecule has 24 heavy (non-hydrogen) atoms. The monoisotopic (exact) mass is 346 g/mol. The van der Waals surface area contributed by atoms with Gasteiger partial charge in [-0.05, 0) is 6.08 Å². The fourth-order valence-corrected chi connectivity index (χ4v) is 3.22. The number of amidine groups is 1. The molecule has 1 N–H and O–H groups in total. The Kier molecular flexibility index (Phi) is 5.63. The van der Waals surface area contributed by atoms with E-state index in [4.69, 9.17) is 4.74 Å². The van der Waals surface area contributed by atoms with E-state index in [9.17, 15) is 9.59 Å². The molecule has 3 rings (SSSR count). The highest BCUT2D eigenvalue weighted by Crippen LogP contribution is 2.15. The zero-order chi connectivity index (χ0) is 16.8. The van der Waals surface area contributed by atoms with Crippen LogP contribution < -0.4 is 5.32 Å². The van der Waals surface area contributed by atoms with Gasteiger partial charge in [-0.15, -0.1) is 11.3 Å². The maximum Gasteiger partial charge on any atom is 0.162 e. The zero-order valence-electron chi connectivity index (χ0n) is 13.1. The Morgan fingerprint density at radius 2 is 2.38 bits per heavy atom. The quantitative estimate of drug-likeness (QED) is 0.593. The lowest BCUT2D eigenvalue weighted by atomic mass is 10.1. The van der Waals surface area contributed by atoms with Crippen LogP contribution in [0, 0.1) is 0 Å². The predicted octanol–water partition coefficient (Wildman–Crippen LogP) is 0.402. The van der Waals surface area contributed by atoms with Crippen molar-refractivity contribution in [2.24, 2.45) is 4.99 Å². The molecule has 8 heteroatoms. The van der Waals surface area contributed by atoms with Crippen molar-refractivity contribution in [3.63, 3.8) is 0 Å². The lowest BCUT2D eigenvalue weighted by molar-refractivity contribution is -0.105. The number of aromatic nitrogens is 1. The molecule has 0 aromatic carbocycles. The summed E-state index contributed by atoms with van der Waals surface area (Å²) in [5.74, 6) is 0.705. The van der Waals surface area contributed by atoms with Gasteiger partial charge < -0.3 is 10.1 Å². The SMILES string of the molecule is O=C/C=C/[C@@H]1CN(CC2=C(C=O)CN=C(c3nccs3)N2)CCO1. The lowest BCUT2D eigenvalue weighted by Gasteiger charge is -2.33. The number of ether oxygens (including phenoxy) is 1. The molecule has 0 spiro atoms. The van der Waals surface area contributed by atoms with Gasteiger partial charge in [-0.2, -0.15) is 0 Å². The second kappa shape index (κ2) is 8.09. The molecule has 2 aliphatic rings. The van der Waals surface area contributed by atoms with Gasteiger partial charge in [-0.1, -0.05) is 6.08 Å². The van der Waals surface area contributed by atoms with Gasteiger partial charge in [-0.3, -0.25) is 19.5 Å². The van der Waals surface area contributed by atoms with E-state index in [2.05, 4.69) is 20.2 Å². The van der Waals surface area contributed by atoms with E-state index in [-0.39, 0.29) is 6.10 Å². The first-order chi connectivity index (χ1) is 11.8. The molecule has 0 saturated carbocycles. The molecule has 3 heterocycles. The number of nitrogens with zero attached hydrogens (tertiary/aromatic N) is 3. The second-order valence-electron chi connectivity index (χ2n) is 5.41. The molecule has 1 atom stereocenters. The average Bonchev–Trinajstić information content (AvgIpc) is 3.15. The van der Waals surface area contributed by atoms with Crippen LogP contribution in [0.15, 0.2) is 40.0 Å². The molecule has 1 aromatic heterocycles. The predicted molar refractivity (Wildman–Crippen MR) is 91.1 cm³/mol. The number of nitrogens with one attached hydrogen (secondary N) is 1. The highest BCUT2D eigenvalue weighted by atomic mass is 32.1. The van der Waals surface area contributed by atoms with Crippen LogP contribution in [0.4, 0.5) is 0 Å². The van der Waals surface area contributed by atoms with Crippen molar-refractivity contribution in [3.8, 4) is 0 Å². The number of allylic oxidation sites excluding steroid dienone is 1. The van der Waals surface area contributed by atoms with Crippen molar-refractivity contribution >= 4 is 29.7 Å². The summed E-state index contributed by atoms with van der Waals surface area (Å²) in [7, 11) is 0. The minimum absolute atomic E-state index is 0.111. The average molecular weight is 346 g/mol. The van der Waals surface area contributed by atoms with E-state index < -0.39 is 0 Å². The van der Waals surface area contributed by atoms with Crippen molar-refractivity contribution in [1.82, 2.24) is 15.2 Å². The van der Waals surface area contributed by atoms with Crippen molar-refractivity contribution in [1.29, 1.82) is 0 Å². The van der Waals surface area contributed by atoms with Crippen molar-refractivity contribution in [2.45, 2.75) is 6.10 Å². The van der Waals surface area contributed by atoms with Crippen molar-refractivity contribution < 1.29 is 14.3 Å². The fraction of sp³-hybridized carbons (Fsp3) is 0.375. The minimum Gasteiger partial charge on any atom is -0.371 e. The van der Waals surface area contributed by atoms with E-state index in [1.807, 2.05) is 5.38 Å². The lowest BCUT2D eigenvalue weighted by Crippen LogP contribution is -2.45. The summed E-state index contributed by atoms with van der Waals surface area (Å²) in [4.78, 5) is 32.6. The van der Waals surface area contributed by atoms with Gasteiger partial charge in [0, 0.05) is 42.5 Å². The third-order valence-electron chi connectivity index (χ3n) is 3.81. The number of hydrogen-bond donors (Lipinski definition) is 1. The normalized spacial score (nSPS) is 22.3. The van der Waals surface area contributed by atoms with Gasteiger partial charge in [0.1, 0.15) is 12.6 Å². The number of carbonyl (C=O) groups is 2. The Bertz CT molecular complexity index is 682. The fourth-order valence-electron chi connectivity index (χ4n) is 2.62. The third kappa shape index (κ3) is 4.02. The molecule has 0 bridgehead atoms. The first-order valence-electron chi connectivity index (χ1n) is 7.64. The number of carbonyl (C=O) groups excluding carboxylic acids is 2. The number of aldehydes is 2. The van der Waals surface area contributed by atoms with Gasteiger partial charge in [0.15, 0.2) is 10.8 Å². The van der Waals surface area contributed by atoms with Crippen LogP contribution in [-0.2, 0) is 14.3 Å². The highest BCUT2D eigenvalue weighted by Gasteiger charge is 2.23. The number of aliphatic imine (C=N–C) groups is 1. The summed E-state index contributed by atoms with van der Waals surface area (Å²) >= 11 is 1.50. The summed E-state index contributed by atoms with van der Waals surface area (Å²) in [5, 5.41) is 5.96. The molecule has 0 amide bonds. The van der Waals surface area contributed by atoms with Crippen LogP contribution in [0.25, 0.3) is 0 Å². The van der Waals surface area contributed by atoms with E-state index in [1.165, 1.54) is 17.4 Å². The Hall–Kier alpha value is -2.16. The molecule has 0 aliphatic carbocycles. The maximum atomic E-state index is 11.3. The van der Waals surface area contributed by atoms with Gasteiger partial charge in [0.25, 0.3) is 0 Å². The topological polar surface area (TPSA) is 83.9 Å². The molecule has 7 nitrogen and oxygen atoms in total. The van der Waals surface area contributed by atoms with Crippen LogP contribution in [0.1, 0.15) is 5.01 Å². The molecule has 0 radical (unpaired) electrons. The van der Waals surface area contributed by atoms with E-state index in [0.29, 0.717) is 37.6 Å². The standard InChI is InChI=1S/C16H18N4O3S/c21-5-1-2-13-9-20(4-6-23-13)10-14-12(11-22)8-18-15(19-14)16-17-3-7-24-16/h1-3,5,7,11,13H,4,6,8-10H2,(H,18,19)/b2-1+/t13-/m1/s1. The highest BCUT2D eigenvalue weighted by molar-refractivity contribution is 7.11. The Morgan fingerprint density at radius 1 is 1.46 bits per heavy atom. The van der Waals surface area contributed by atoms with Crippen LogP contribution in [0.5, 0.6) is 0 Å². The van der Waals surface area contributed by atoms with Gasteiger partial charge in [-0.25, -0.2) is 4.98 Å². The van der Waals surface area contributed by atoms with Gasteiger partial charge >= 0.3 is 0 Å². The van der Waals surface area contributed by atoms with Gasteiger partial charge in [0.05, 0.1) is 19.3 Å². The molecular weight excluding hydrogens is 328 g/mol. The summed E-state index contributed by atoms with van der Waals surface area (Å²) in [6.45, 7) is 3.00. The van der Waals surface area contributed by atoms with Crippen molar-refractivity contribution in [3.05, 3.63) is 40.0 Å².